The first kappa shape index (κ1) is 9.64. The molecule has 0 unspecified atom stereocenters. The molecule has 1 rings (SSSR count). The standard InChI is InChI=1S/C9H14N4/c1-5-8(11-10-3)9-6-7(2)13(4)12-9/h5-6H,1-4H3/b8-5-,11-10-. The van der Waals surface area contributed by atoms with Crippen molar-refractivity contribution in [1.82, 2.24) is 9.78 Å². The second-order valence-corrected chi connectivity index (χ2v) is 2.77. The van der Waals surface area contributed by atoms with Crippen molar-refractivity contribution in [1.29, 1.82) is 0 Å². The van der Waals surface area contributed by atoms with E-state index in [2.05, 4.69) is 15.3 Å². The molecule has 13 heavy (non-hydrogen) atoms. The molecule has 4 heteroatoms. The van der Waals surface area contributed by atoms with Gasteiger partial charge >= 0.3 is 0 Å². The van der Waals surface area contributed by atoms with Gasteiger partial charge < -0.3 is 0 Å². The van der Waals surface area contributed by atoms with Crippen molar-refractivity contribution < 1.29 is 0 Å². The lowest BCUT2D eigenvalue weighted by atomic mass is 10.3. The van der Waals surface area contributed by atoms with Crippen LogP contribution in [0.3, 0.4) is 0 Å². The van der Waals surface area contributed by atoms with Crippen LogP contribution in [0, 0.1) is 6.92 Å². The highest BCUT2D eigenvalue weighted by atomic mass is 15.3. The first-order valence-corrected chi connectivity index (χ1v) is 4.16. The molecule has 0 aliphatic carbocycles. The van der Waals surface area contributed by atoms with Crippen LogP contribution in [-0.4, -0.2) is 16.8 Å². The fourth-order valence-electron chi connectivity index (χ4n) is 1.05. The van der Waals surface area contributed by atoms with E-state index in [-0.39, 0.29) is 0 Å². The average Bonchev–Trinajstić information content (AvgIpc) is 2.43. The molecule has 1 aromatic heterocycles. The van der Waals surface area contributed by atoms with Crippen molar-refractivity contribution in [2.75, 3.05) is 7.05 Å². The summed E-state index contributed by atoms with van der Waals surface area (Å²) in [5.41, 5.74) is 2.79. The SMILES string of the molecule is C/C=C(\N=N/C)c1cc(C)n(C)n1. The molecule has 0 saturated carbocycles. The molecule has 0 saturated heterocycles. The summed E-state index contributed by atoms with van der Waals surface area (Å²) in [5, 5.41) is 12.0. The Labute approximate surface area is 78.0 Å². The Balaban J connectivity index is 3.06. The Bertz CT molecular complexity index is 327. The molecular weight excluding hydrogens is 164 g/mol. The van der Waals surface area contributed by atoms with E-state index in [1.165, 1.54) is 0 Å². The van der Waals surface area contributed by atoms with Crippen molar-refractivity contribution in [2.45, 2.75) is 13.8 Å². The van der Waals surface area contributed by atoms with E-state index in [0.29, 0.717) is 0 Å². The zero-order valence-corrected chi connectivity index (χ0v) is 8.44. The van der Waals surface area contributed by atoms with E-state index in [1.54, 1.807) is 7.05 Å². The summed E-state index contributed by atoms with van der Waals surface area (Å²) in [6, 6.07) is 1.99. The summed E-state index contributed by atoms with van der Waals surface area (Å²) in [5.74, 6) is 0. The third-order valence-corrected chi connectivity index (χ3v) is 1.86. The summed E-state index contributed by atoms with van der Waals surface area (Å²) >= 11 is 0. The maximum Gasteiger partial charge on any atom is 0.112 e. The van der Waals surface area contributed by atoms with E-state index in [4.69, 9.17) is 0 Å². The number of rotatable bonds is 2. The van der Waals surface area contributed by atoms with Gasteiger partial charge in [0.1, 0.15) is 11.4 Å². The van der Waals surface area contributed by atoms with Crippen LogP contribution in [0.25, 0.3) is 5.70 Å². The molecule has 0 fully saturated rings. The predicted octanol–water partition coefficient (Wildman–Crippen LogP) is 2.17. The summed E-state index contributed by atoms with van der Waals surface area (Å²) in [7, 11) is 3.56. The Morgan fingerprint density at radius 1 is 1.62 bits per heavy atom. The fraction of sp³-hybridized carbons (Fsp3) is 0.444. The summed E-state index contributed by atoms with van der Waals surface area (Å²) < 4.78 is 1.82. The first-order chi connectivity index (χ1) is 6.19. The molecule has 0 radical (unpaired) electrons. The van der Waals surface area contributed by atoms with Gasteiger partial charge in [-0.1, -0.05) is 6.08 Å². The first-order valence-electron chi connectivity index (χ1n) is 4.16. The second kappa shape index (κ2) is 3.98. The van der Waals surface area contributed by atoms with E-state index < -0.39 is 0 Å². The lowest BCUT2D eigenvalue weighted by Crippen LogP contribution is -1.92. The Hall–Kier alpha value is -1.45. The molecule has 0 N–H and O–H groups in total. The number of allylic oxidation sites excluding steroid dienone is 1. The number of aromatic nitrogens is 2. The Morgan fingerprint density at radius 2 is 2.31 bits per heavy atom. The van der Waals surface area contributed by atoms with E-state index in [0.717, 1.165) is 17.1 Å². The topological polar surface area (TPSA) is 42.5 Å². The van der Waals surface area contributed by atoms with Gasteiger partial charge in [0, 0.05) is 19.8 Å². The maximum absolute atomic E-state index is 4.29. The molecule has 0 atom stereocenters. The van der Waals surface area contributed by atoms with Crippen LogP contribution < -0.4 is 0 Å². The van der Waals surface area contributed by atoms with Crippen LogP contribution in [0.1, 0.15) is 18.3 Å². The minimum Gasteiger partial charge on any atom is -0.272 e. The highest BCUT2D eigenvalue weighted by Crippen LogP contribution is 2.14. The number of hydrogen-bond acceptors (Lipinski definition) is 3. The predicted molar refractivity (Wildman–Crippen MR) is 52.4 cm³/mol. The van der Waals surface area contributed by atoms with Gasteiger partial charge in [0.05, 0.1) is 0 Å². The molecular formula is C9H14N4. The van der Waals surface area contributed by atoms with Crippen LogP contribution in [-0.2, 0) is 7.05 Å². The smallest absolute Gasteiger partial charge is 0.112 e. The highest BCUT2D eigenvalue weighted by molar-refractivity contribution is 5.60. The molecule has 0 spiro atoms. The third kappa shape index (κ3) is 2.02. The van der Waals surface area contributed by atoms with Gasteiger partial charge in [-0.3, -0.25) is 4.68 Å². The molecule has 70 valence electrons. The van der Waals surface area contributed by atoms with Crippen LogP contribution in [0.2, 0.25) is 0 Å². The van der Waals surface area contributed by atoms with Crippen molar-refractivity contribution in [3.05, 3.63) is 23.5 Å². The van der Waals surface area contributed by atoms with Gasteiger partial charge in [0.2, 0.25) is 0 Å². The van der Waals surface area contributed by atoms with Gasteiger partial charge in [-0.2, -0.15) is 15.3 Å². The van der Waals surface area contributed by atoms with Crippen molar-refractivity contribution >= 4 is 5.70 Å². The van der Waals surface area contributed by atoms with Gasteiger partial charge in [-0.25, -0.2) is 0 Å². The second-order valence-electron chi connectivity index (χ2n) is 2.77. The largest absolute Gasteiger partial charge is 0.272 e. The molecule has 1 aromatic rings. The normalized spacial score (nSPS) is 12.8. The average molecular weight is 178 g/mol. The van der Waals surface area contributed by atoms with E-state index >= 15 is 0 Å². The zero-order chi connectivity index (χ0) is 9.84. The quantitative estimate of drug-likeness (QED) is 0.640. The molecule has 1 heterocycles. The van der Waals surface area contributed by atoms with Gasteiger partial charge in [0.25, 0.3) is 0 Å². The summed E-state index contributed by atoms with van der Waals surface area (Å²) in [4.78, 5) is 0. The number of aryl methyl sites for hydroxylation is 2. The molecule has 0 aliphatic rings. The monoisotopic (exact) mass is 178 g/mol. The van der Waals surface area contributed by atoms with Crippen molar-refractivity contribution in [3.63, 3.8) is 0 Å². The number of hydrogen-bond donors (Lipinski definition) is 0. The molecule has 0 aliphatic heterocycles. The Morgan fingerprint density at radius 3 is 2.69 bits per heavy atom. The molecule has 0 aromatic carbocycles. The zero-order valence-electron chi connectivity index (χ0n) is 8.44. The highest BCUT2D eigenvalue weighted by Gasteiger charge is 2.04. The summed E-state index contributed by atoms with van der Waals surface area (Å²) in [6.45, 7) is 3.93. The lowest BCUT2D eigenvalue weighted by Gasteiger charge is -1.92. The van der Waals surface area contributed by atoms with Gasteiger partial charge in [-0.05, 0) is 19.9 Å². The van der Waals surface area contributed by atoms with Crippen molar-refractivity contribution in [2.24, 2.45) is 17.3 Å². The van der Waals surface area contributed by atoms with E-state index in [9.17, 15) is 0 Å². The van der Waals surface area contributed by atoms with Crippen LogP contribution in [0.5, 0.6) is 0 Å². The fourth-order valence-corrected chi connectivity index (χ4v) is 1.05. The minimum atomic E-state index is 0.811. The number of nitrogens with zero attached hydrogens (tertiary/aromatic N) is 4. The third-order valence-electron chi connectivity index (χ3n) is 1.86. The number of azo groups is 1. The van der Waals surface area contributed by atoms with Crippen LogP contribution in [0.15, 0.2) is 22.4 Å². The van der Waals surface area contributed by atoms with Crippen molar-refractivity contribution in [3.8, 4) is 0 Å². The molecule has 0 amide bonds. The van der Waals surface area contributed by atoms with Gasteiger partial charge in [-0.15, -0.1) is 0 Å². The minimum absolute atomic E-state index is 0.811. The molecule has 4 nitrogen and oxygen atoms in total. The molecule has 0 bridgehead atoms. The lowest BCUT2D eigenvalue weighted by molar-refractivity contribution is 0.736. The van der Waals surface area contributed by atoms with Gasteiger partial charge in [0.15, 0.2) is 0 Å². The van der Waals surface area contributed by atoms with E-state index in [1.807, 2.05) is 37.7 Å². The van der Waals surface area contributed by atoms with Crippen LogP contribution >= 0.6 is 0 Å². The van der Waals surface area contributed by atoms with Crippen LogP contribution in [0.4, 0.5) is 0 Å². The summed E-state index contributed by atoms with van der Waals surface area (Å²) in [6.07, 6.45) is 1.90. The Kier molecular flexibility index (Phi) is 2.95. The maximum atomic E-state index is 4.29.